The fourth-order valence-electron chi connectivity index (χ4n) is 1.82. The minimum Gasteiger partial charge on any atom is -0.386 e. The van der Waals surface area contributed by atoms with E-state index in [0.29, 0.717) is 0 Å². The van der Waals surface area contributed by atoms with Gasteiger partial charge in [-0.25, -0.2) is 4.39 Å². The highest BCUT2D eigenvalue weighted by Crippen LogP contribution is 2.27. The lowest BCUT2D eigenvalue weighted by Crippen LogP contribution is -2.38. The van der Waals surface area contributed by atoms with Crippen LogP contribution < -0.4 is 5.32 Å². The number of benzene rings is 1. The molecule has 1 atom stereocenters. The number of anilines is 1. The van der Waals surface area contributed by atoms with E-state index in [-0.39, 0.29) is 23.9 Å². The zero-order valence-corrected chi connectivity index (χ0v) is 12.3. The van der Waals surface area contributed by atoms with E-state index in [1.807, 2.05) is 0 Å². The number of carbonyl (C=O) groups is 1. The number of nitro benzene ring substituents is 1. The molecule has 8 heteroatoms. The third-order valence-electron chi connectivity index (χ3n) is 3.17. The Balaban J connectivity index is 3.26. The fourth-order valence-corrected chi connectivity index (χ4v) is 1.82. The molecule has 0 aliphatic carbocycles. The van der Waals surface area contributed by atoms with Gasteiger partial charge in [0.2, 0.25) is 0 Å². The molecule has 0 aliphatic heterocycles. The van der Waals surface area contributed by atoms with Crippen LogP contribution in [0.2, 0.25) is 0 Å². The first kappa shape index (κ1) is 16.8. The summed E-state index contributed by atoms with van der Waals surface area (Å²) < 4.78 is 18.6. The molecule has 0 aliphatic rings. The summed E-state index contributed by atoms with van der Waals surface area (Å²) in [4.78, 5) is 23.9. The molecule has 0 spiro atoms. The van der Waals surface area contributed by atoms with Crippen molar-refractivity contribution in [3.63, 3.8) is 0 Å². The smallest absolute Gasteiger partial charge is 0.285 e. The van der Waals surface area contributed by atoms with E-state index in [0.717, 1.165) is 12.1 Å². The topological polar surface area (TPSA) is 84.7 Å². The average molecular weight is 299 g/mol. The highest BCUT2D eigenvalue weighted by Gasteiger charge is 2.27. The normalized spacial score (nSPS) is 11.9. The van der Waals surface area contributed by atoms with Gasteiger partial charge >= 0.3 is 0 Å². The van der Waals surface area contributed by atoms with E-state index >= 15 is 0 Å². The Morgan fingerprint density at radius 2 is 2.19 bits per heavy atom. The summed E-state index contributed by atoms with van der Waals surface area (Å²) in [6.45, 7) is 2.03. The van der Waals surface area contributed by atoms with Gasteiger partial charge in [-0.1, -0.05) is 0 Å². The summed E-state index contributed by atoms with van der Waals surface area (Å²) in [5.74, 6) is -1.35. The Morgan fingerprint density at radius 1 is 1.57 bits per heavy atom. The summed E-state index contributed by atoms with van der Waals surface area (Å²) in [5.41, 5.74) is -0.707. The Hall–Kier alpha value is -2.22. The van der Waals surface area contributed by atoms with E-state index in [1.165, 1.54) is 26.1 Å². The predicted molar refractivity (Wildman–Crippen MR) is 76.0 cm³/mol. The maximum atomic E-state index is 13.6. The van der Waals surface area contributed by atoms with Crippen molar-refractivity contribution in [1.82, 2.24) is 4.90 Å². The van der Waals surface area contributed by atoms with Crippen molar-refractivity contribution in [2.24, 2.45) is 0 Å². The van der Waals surface area contributed by atoms with Crippen molar-refractivity contribution in [3.8, 4) is 0 Å². The number of hydrogen-bond acceptors (Lipinski definition) is 5. The van der Waals surface area contributed by atoms with Crippen molar-refractivity contribution in [2.45, 2.75) is 13.0 Å². The van der Waals surface area contributed by atoms with Crippen molar-refractivity contribution in [1.29, 1.82) is 0 Å². The minimum atomic E-state index is -0.784. The molecule has 1 unspecified atom stereocenters. The SMILES string of the molecule is CNc1cc(C(=O)N(C)C(C)COC)c([N+](=O)[O-])cc1F. The van der Waals surface area contributed by atoms with Gasteiger partial charge in [-0.3, -0.25) is 14.9 Å². The average Bonchev–Trinajstić information content (AvgIpc) is 2.45. The molecule has 0 saturated heterocycles. The van der Waals surface area contributed by atoms with Crippen LogP contribution in [0.1, 0.15) is 17.3 Å². The number of halogens is 1. The van der Waals surface area contributed by atoms with E-state index in [4.69, 9.17) is 4.74 Å². The number of nitrogens with zero attached hydrogens (tertiary/aromatic N) is 2. The molecule has 0 fully saturated rings. The van der Waals surface area contributed by atoms with Gasteiger partial charge in [0.25, 0.3) is 11.6 Å². The van der Waals surface area contributed by atoms with Crippen LogP contribution in [0.5, 0.6) is 0 Å². The Bertz CT molecular complexity index is 550. The first-order valence-corrected chi connectivity index (χ1v) is 6.25. The number of amides is 1. The number of likely N-dealkylation sites (N-methyl/N-ethyl adjacent to an activating group) is 1. The van der Waals surface area contributed by atoms with Crippen molar-refractivity contribution >= 4 is 17.3 Å². The summed E-state index contributed by atoms with van der Waals surface area (Å²) >= 11 is 0. The van der Waals surface area contributed by atoms with Crippen LogP contribution in [0, 0.1) is 15.9 Å². The lowest BCUT2D eigenvalue weighted by atomic mass is 10.1. The molecule has 0 bridgehead atoms. The maximum Gasteiger partial charge on any atom is 0.285 e. The molecule has 0 aromatic heterocycles. The highest BCUT2D eigenvalue weighted by atomic mass is 19.1. The number of rotatable bonds is 6. The zero-order chi connectivity index (χ0) is 16.2. The molecular weight excluding hydrogens is 281 g/mol. The van der Waals surface area contributed by atoms with Crippen LogP contribution in [0.25, 0.3) is 0 Å². The standard InChI is InChI=1S/C13H18FN3O4/c1-8(7-21-4)16(3)13(18)9-5-11(15-2)10(14)6-12(9)17(19)20/h5-6,8,15H,7H2,1-4H3. The third-order valence-corrected chi connectivity index (χ3v) is 3.17. The van der Waals surface area contributed by atoms with Gasteiger partial charge in [0.05, 0.1) is 29.3 Å². The number of carbonyl (C=O) groups excluding carboxylic acids is 1. The molecule has 0 radical (unpaired) electrons. The van der Waals surface area contributed by atoms with Crippen LogP contribution >= 0.6 is 0 Å². The lowest BCUT2D eigenvalue weighted by molar-refractivity contribution is -0.385. The second-order valence-electron chi connectivity index (χ2n) is 4.58. The van der Waals surface area contributed by atoms with E-state index in [9.17, 15) is 19.3 Å². The number of hydrogen-bond donors (Lipinski definition) is 1. The fraction of sp³-hybridized carbons (Fsp3) is 0.462. The van der Waals surface area contributed by atoms with Gasteiger partial charge in [-0.2, -0.15) is 0 Å². The summed E-state index contributed by atoms with van der Waals surface area (Å²) in [5, 5.41) is 13.6. The third kappa shape index (κ3) is 3.66. The van der Waals surface area contributed by atoms with Crippen LogP contribution in [0.4, 0.5) is 15.8 Å². The van der Waals surface area contributed by atoms with Gasteiger partial charge in [-0.05, 0) is 13.0 Å². The molecule has 1 aromatic rings. The van der Waals surface area contributed by atoms with Gasteiger partial charge < -0.3 is 15.0 Å². The number of methoxy groups -OCH3 is 1. The molecule has 0 heterocycles. The molecular formula is C13H18FN3O4. The largest absolute Gasteiger partial charge is 0.386 e. The minimum absolute atomic E-state index is 0.0248. The second kappa shape index (κ2) is 6.98. The van der Waals surface area contributed by atoms with Gasteiger partial charge in [-0.15, -0.1) is 0 Å². The molecule has 116 valence electrons. The van der Waals surface area contributed by atoms with E-state index in [1.54, 1.807) is 6.92 Å². The number of ether oxygens (including phenoxy) is 1. The highest BCUT2D eigenvalue weighted by molar-refractivity contribution is 5.99. The molecule has 0 saturated carbocycles. The Labute approximate surface area is 121 Å². The predicted octanol–water partition coefficient (Wildman–Crippen LogP) is 1.88. The summed E-state index contributed by atoms with van der Waals surface area (Å²) in [6.07, 6.45) is 0. The van der Waals surface area contributed by atoms with Gasteiger partial charge in [0.15, 0.2) is 5.82 Å². The first-order valence-electron chi connectivity index (χ1n) is 6.25. The van der Waals surface area contributed by atoms with Crippen molar-refractivity contribution in [2.75, 3.05) is 33.1 Å². The molecule has 1 aromatic carbocycles. The summed E-state index contributed by atoms with van der Waals surface area (Å²) in [7, 11) is 4.47. The van der Waals surface area contributed by atoms with Crippen molar-refractivity contribution in [3.05, 3.63) is 33.6 Å². The monoisotopic (exact) mass is 299 g/mol. The summed E-state index contributed by atoms with van der Waals surface area (Å²) in [6, 6.07) is 1.62. The van der Waals surface area contributed by atoms with E-state index in [2.05, 4.69) is 5.32 Å². The zero-order valence-electron chi connectivity index (χ0n) is 12.3. The van der Waals surface area contributed by atoms with Crippen LogP contribution in [0.3, 0.4) is 0 Å². The van der Waals surface area contributed by atoms with E-state index < -0.39 is 22.3 Å². The van der Waals surface area contributed by atoms with Crippen LogP contribution in [-0.2, 0) is 4.74 Å². The number of nitrogens with one attached hydrogen (secondary N) is 1. The number of nitro groups is 1. The molecule has 21 heavy (non-hydrogen) atoms. The lowest BCUT2D eigenvalue weighted by Gasteiger charge is -2.24. The van der Waals surface area contributed by atoms with Crippen LogP contribution in [0.15, 0.2) is 12.1 Å². The second-order valence-corrected chi connectivity index (χ2v) is 4.58. The Kier molecular flexibility index (Phi) is 5.60. The maximum absolute atomic E-state index is 13.6. The van der Waals surface area contributed by atoms with Crippen molar-refractivity contribution < 1.29 is 18.8 Å². The van der Waals surface area contributed by atoms with Gasteiger partial charge in [0, 0.05) is 21.2 Å². The van der Waals surface area contributed by atoms with Crippen LogP contribution in [-0.4, -0.2) is 49.6 Å². The first-order chi connectivity index (χ1) is 9.83. The quantitative estimate of drug-likeness (QED) is 0.640. The molecule has 1 N–H and O–H groups in total. The Morgan fingerprint density at radius 3 is 2.67 bits per heavy atom. The molecule has 1 amide bonds. The molecule has 1 rings (SSSR count). The molecule has 7 nitrogen and oxygen atoms in total. The van der Waals surface area contributed by atoms with Gasteiger partial charge in [0.1, 0.15) is 5.56 Å².